The summed E-state index contributed by atoms with van der Waals surface area (Å²) in [7, 11) is 0. The van der Waals surface area contributed by atoms with Gasteiger partial charge in [-0.15, -0.1) is 5.10 Å². The van der Waals surface area contributed by atoms with Crippen molar-refractivity contribution in [3.8, 4) is 5.69 Å². The van der Waals surface area contributed by atoms with Gasteiger partial charge in [-0.1, -0.05) is 12.1 Å². The summed E-state index contributed by atoms with van der Waals surface area (Å²) < 4.78 is 1.58. The second kappa shape index (κ2) is 9.13. The smallest absolute Gasteiger partial charge is 0.236 e. The maximum atomic E-state index is 12.7. The molecule has 0 radical (unpaired) electrons. The van der Waals surface area contributed by atoms with E-state index >= 15 is 0 Å². The Morgan fingerprint density at radius 2 is 1.52 bits per heavy atom. The number of likely N-dealkylation sites (tertiary alicyclic amines) is 1. The molecule has 29 heavy (non-hydrogen) atoms. The van der Waals surface area contributed by atoms with Crippen molar-refractivity contribution in [1.82, 2.24) is 34.9 Å². The minimum atomic E-state index is 0.127. The lowest BCUT2D eigenvalue weighted by Gasteiger charge is -2.36. The molecule has 1 aromatic heterocycles. The molecule has 0 bridgehead atoms. The van der Waals surface area contributed by atoms with Crippen molar-refractivity contribution in [2.24, 2.45) is 0 Å². The topological polar surface area (TPSA) is 87.5 Å². The van der Waals surface area contributed by atoms with Crippen LogP contribution >= 0.6 is 0 Å². The molecule has 2 amide bonds. The number of piperazine rings is 1. The van der Waals surface area contributed by atoms with Crippen LogP contribution in [0.5, 0.6) is 0 Å². The highest BCUT2D eigenvalue weighted by Gasteiger charge is 2.24. The standard InChI is InChI=1S/C20H27N7O2/c28-19(14-17-4-6-18(7-5-17)27-16-21-22-23-27)26-12-10-24(11-13-26)15-20(29)25-8-2-1-3-9-25/h4-7,16H,1-3,8-15H2. The van der Waals surface area contributed by atoms with Crippen molar-refractivity contribution in [3.63, 3.8) is 0 Å². The second-order valence-corrected chi connectivity index (χ2v) is 7.70. The van der Waals surface area contributed by atoms with Gasteiger partial charge in [-0.3, -0.25) is 14.5 Å². The van der Waals surface area contributed by atoms with E-state index in [-0.39, 0.29) is 11.8 Å². The van der Waals surface area contributed by atoms with Crippen molar-refractivity contribution in [2.45, 2.75) is 25.7 Å². The Bertz CT molecular complexity index is 808. The quantitative estimate of drug-likeness (QED) is 0.724. The van der Waals surface area contributed by atoms with Crippen LogP contribution in [0.3, 0.4) is 0 Å². The van der Waals surface area contributed by atoms with Crippen molar-refractivity contribution in [1.29, 1.82) is 0 Å². The van der Waals surface area contributed by atoms with Gasteiger partial charge in [-0.2, -0.15) is 0 Å². The number of rotatable bonds is 5. The molecule has 0 unspecified atom stereocenters. The second-order valence-electron chi connectivity index (χ2n) is 7.70. The van der Waals surface area contributed by atoms with Gasteiger partial charge in [0, 0.05) is 39.3 Å². The molecule has 3 heterocycles. The Morgan fingerprint density at radius 1 is 0.828 bits per heavy atom. The SMILES string of the molecule is O=C(Cc1ccc(-n2cnnn2)cc1)N1CCN(CC(=O)N2CCCCC2)CC1. The lowest BCUT2D eigenvalue weighted by Crippen LogP contribution is -2.52. The largest absolute Gasteiger partial charge is 0.342 e. The Morgan fingerprint density at radius 3 is 2.17 bits per heavy atom. The first kappa shape index (κ1) is 19.5. The van der Waals surface area contributed by atoms with E-state index in [9.17, 15) is 9.59 Å². The van der Waals surface area contributed by atoms with Gasteiger partial charge in [0.1, 0.15) is 6.33 Å². The zero-order chi connectivity index (χ0) is 20.1. The molecular formula is C20H27N7O2. The van der Waals surface area contributed by atoms with Crippen LogP contribution in [-0.2, 0) is 16.0 Å². The van der Waals surface area contributed by atoms with Crippen LogP contribution < -0.4 is 0 Å². The van der Waals surface area contributed by atoms with Crippen LogP contribution in [0, 0.1) is 0 Å². The fraction of sp³-hybridized carbons (Fsp3) is 0.550. The zero-order valence-electron chi connectivity index (χ0n) is 16.6. The van der Waals surface area contributed by atoms with Crippen molar-refractivity contribution < 1.29 is 9.59 Å². The van der Waals surface area contributed by atoms with Gasteiger partial charge in [0.15, 0.2) is 0 Å². The lowest BCUT2D eigenvalue weighted by atomic mass is 10.1. The minimum absolute atomic E-state index is 0.127. The molecule has 0 spiro atoms. The Hall–Kier alpha value is -2.81. The summed E-state index contributed by atoms with van der Waals surface area (Å²) in [4.78, 5) is 31.1. The maximum absolute atomic E-state index is 12.7. The van der Waals surface area contributed by atoms with E-state index in [0.29, 0.717) is 26.1 Å². The van der Waals surface area contributed by atoms with E-state index in [4.69, 9.17) is 0 Å². The van der Waals surface area contributed by atoms with Crippen LogP contribution in [0.25, 0.3) is 5.69 Å². The molecule has 2 fully saturated rings. The van der Waals surface area contributed by atoms with Gasteiger partial charge in [-0.05, 0) is 47.4 Å². The van der Waals surface area contributed by atoms with Gasteiger partial charge in [0.25, 0.3) is 0 Å². The summed E-state index contributed by atoms with van der Waals surface area (Å²) >= 11 is 0. The maximum Gasteiger partial charge on any atom is 0.236 e. The summed E-state index contributed by atoms with van der Waals surface area (Å²) in [5.74, 6) is 0.356. The van der Waals surface area contributed by atoms with E-state index in [1.54, 1.807) is 4.68 Å². The number of piperidine rings is 1. The van der Waals surface area contributed by atoms with Crippen LogP contribution in [-0.4, -0.2) is 92.5 Å². The molecule has 1 aromatic carbocycles. The number of carbonyl (C=O) groups excluding carboxylic acids is 2. The highest BCUT2D eigenvalue weighted by molar-refractivity contribution is 5.79. The first-order chi connectivity index (χ1) is 14.2. The Balaban J connectivity index is 1.23. The molecule has 2 aliphatic rings. The number of carbonyl (C=O) groups is 2. The average molecular weight is 397 g/mol. The molecule has 0 aliphatic carbocycles. The number of nitrogens with zero attached hydrogens (tertiary/aromatic N) is 7. The molecule has 2 aliphatic heterocycles. The Kier molecular flexibility index (Phi) is 6.14. The van der Waals surface area contributed by atoms with E-state index in [1.807, 2.05) is 34.1 Å². The third-order valence-corrected chi connectivity index (χ3v) is 5.70. The van der Waals surface area contributed by atoms with Gasteiger partial charge >= 0.3 is 0 Å². The molecular weight excluding hydrogens is 370 g/mol. The molecule has 0 saturated carbocycles. The van der Waals surface area contributed by atoms with E-state index in [0.717, 1.165) is 50.3 Å². The van der Waals surface area contributed by atoms with Crippen LogP contribution in [0.1, 0.15) is 24.8 Å². The van der Waals surface area contributed by atoms with Gasteiger partial charge in [0.2, 0.25) is 11.8 Å². The van der Waals surface area contributed by atoms with E-state index in [2.05, 4.69) is 20.4 Å². The third-order valence-electron chi connectivity index (χ3n) is 5.70. The molecule has 2 saturated heterocycles. The number of hydrogen-bond acceptors (Lipinski definition) is 6. The summed E-state index contributed by atoms with van der Waals surface area (Å²) in [5, 5.41) is 11.1. The lowest BCUT2D eigenvalue weighted by molar-refractivity contribution is -0.135. The highest BCUT2D eigenvalue weighted by Crippen LogP contribution is 2.12. The fourth-order valence-electron chi connectivity index (χ4n) is 3.92. The highest BCUT2D eigenvalue weighted by atomic mass is 16.2. The molecule has 154 valence electrons. The van der Waals surface area contributed by atoms with Gasteiger partial charge in [0.05, 0.1) is 18.7 Å². The zero-order valence-corrected chi connectivity index (χ0v) is 16.6. The van der Waals surface area contributed by atoms with E-state index < -0.39 is 0 Å². The van der Waals surface area contributed by atoms with Crippen LogP contribution in [0.4, 0.5) is 0 Å². The number of hydrogen-bond donors (Lipinski definition) is 0. The first-order valence-electron chi connectivity index (χ1n) is 10.3. The molecule has 0 atom stereocenters. The van der Waals surface area contributed by atoms with Crippen LogP contribution in [0.2, 0.25) is 0 Å². The number of aromatic nitrogens is 4. The monoisotopic (exact) mass is 397 g/mol. The molecule has 9 nitrogen and oxygen atoms in total. The Labute approximate surface area is 170 Å². The van der Waals surface area contributed by atoms with Crippen molar-refractivity contribution >= 4 is 11.8 Å². The van der Waals surface area contributed by atoms with Crippen molar-refractivity contribution in [2.75, 3.05) is 45.8 Å². The summed E-state index contributed by atoms with van der Waals surface area (Å²) in [6.07, 6.45) is 5.37. The predicted octanol–water partition coefficient (Wildman–Crippen LogP) is 0.362. The number of amides is 2. The normalized spacial score (nSPS) is 18.1. The molecule has 9 heteroatoms. The van der Waals surface area contributed by atoms with Gasteiger partial charge in [-0.25, -0.2) is 4.68 Å². The minimum Gasteiger partial charge on any atom is -0.342 e. The molecule has 0 N–H and O–H groups in total. The van der Waals surface area contributed by atoms with Crippen molar-refractivity contribution in [3.05, 3.63) is 36.2 Å². The number of tetrazole rings is 1. The summed E-state index contributed by atoms with van der Waals surface area (Å²) in [6, 6.07) is 7.68. The average Bonchev–Trinajstić information content (AvgIpc) is 3.30. The summed E-state index contributed by atoms with van der Waals surface area (Å²) in [5.41, 5.74) is 1.83. The van der Waals surface area contributed by atoms with Crippen LogP contribution in [0.15, 0.2) is 30.6 Å². The summed E-state index contributed by atoms with van der Waals surface area (Å²) in [6.45, 7) is 5.12. The number of benzene rings is 1. The third kappa shape index (κ3) is 4.97. The van der Waals surface area contributed by atoms with Gasteiger partial charge < -0.3 is 9.80 Å². The van der Waals surface area contributed by atoms with E-state index in [1.165, 1.54) is 12.7 Å². The predicted molar refractivity (Wildman–Crippen MR) is 106 cm³/mol. The molecule has 4 rings (SSSR count). The molecule has 2 aromatic rings. The fourth-order valence-corrected chi connectivity index (χ4v) is 3.92. The first-order valence-corrected chi connectivity index (χ1v) is 10.3.